The van der Waals surface area contributed by atoms with E-state index in [0.29, 0.717) is 45.3 Å². The van der Waals surface area contributed by atoms with Crippen LogP contribution in [-0.4, -0.2) is 76.1 Å². The van der Waals surface area contributed by atoms with Gasteiger partial charge in [0, 0.05) is 32.3 Å². The molecule has 2 heterocycles. The number of urea groups is 1. The van der Waals surface area contributed by atoms with Gasteiger partial charge in [0.1, 0.15) is 17.6 Å². The fourth-order valence-corrected chi connectivity index (χ4v) is 7.51. The molecule has 1 aliphatic rings. The van der Waals surface area contributed by atoms with E-state index in [1.807, 2.05) is 73.6 Å². The molecular formula is C44H49N5O4. The van der Waals surface area contributed by atoms with Gasteiger partial charge in [0.15, 0.2) is 0 Å². The van der Waals surface area contributed by atoms with E-state index in [2.05, 4.69) is 88.9 Å². The summed E-state index contributed by atoms with van der Waals surface area (Å²) in [5.41, 5.74) is 4.62. The van der Waals surface area contributed by atoms with Crippen molar-refractivity contribution >= 4 is 17.9 Å². The van der Waals surface area contributed by atoms with E-state index >= 15 is 0 Å². The number of methoxy groups -OCH3 is 1. The first-order valence-corrected chi connectivity index (χ1v) is 18.5. The van der Waals surface area contributed by atoms with Crippen molar-refractivity contribution in [3.63, 3.8) is 0 Å². The zero-order valence-electron chi connectivity index (χ0n) is 30.8. The number of hydrogen-bond acceptors (Lipinski definition) is 5. The van der Waals surface area contributed by atoms with E-state index in [0.717, 1.165) is 27.9 Å². The van der Waals surface area contributed by atoms with Gasteiger partial charge in [-0.2, -0.15) is 0 Å². The fraction of sp³-hybridized carbons (Fsp3) is 0.318. The second-order valence-corrected chi connectivity index (χ2v) is 14.1. The second-order valence-electron chi connectivity index (χ2n) is 14.1. The molecule has 1 N–H and O–H groups in total. The maximum atomic E-state index is 14.1. The highest BCUT2D eigenvalue weighted by molar-refractivity contribution is 5.90. The number of piperazine rings is 1. The van der Waals surface area contributed by atoms with Crippen molar-refractivity contribution in [1.82, 2.24) is 24.7 Å². The van der Waals surface area contributed by atoms with Gasteiger partial charge >= 0.3 is 12.0 Å². The number of nitrogens with zero attached hydrogens (tertiary/aromatic N) is 4. The number of carbonyl (C=O) groups is 3. The molecular weight excluding hydrogens is 663 g/mol. The molecule has 53 heavy (non-hydrogen) atoms. The number of carbonyl (C=O) groups excluding carboxylic acids is 3. The minimum absolute atomic E-state index is 0.101. The highest BCUT2D eigenvalue weighted by Crippen LogP contribution is 2.40. The first-order valence-electron chi connectivity index (χ1n) is 18.5. The summed E-state index contributed by atoms with van der Waals surface area (Å²) < 4.78 is 7.19. The third-order valence-electron chi connectivity index (χ3n) is 10.1. The van der Waals surface area contributed by atoms with E-state index in [9.17, 15) is 14.4 Å². The number of ether oxygens (including phenoxy) is 1. The number of imidazole rings is 1. The number of nitrogens with one attached hydrogen (secondary N) is 1. The predicted molar refractivity (Wildman–Crippen MR) is 206 cm³/mol. The van der Waals surface area contributed by atoms with Crippen molar-refractivity contribution in [3.8, 4) is 0 Å². The maximum Gasteiger partial charge on any atom is 0.328 e. The zero-order valence-corrected chi connectivity index (χ0v) is 30.8. The molecule has 0 unspecified atom stereocenters. The first-order chi connectivity index (χ1) is 25.8. The van der Waals surface area contributed by atoms with Crippen LogP contribution < -0.4 is 5.32 Å². The Morgan fingerprint density at radius 3 is 1.91 bits per heavy atom. The molecule has 1 aliphatic heterocycles. The number of aromatic nitrogens is 2. The normalized spacial score (nSPS) is 15.3. The largest absolute Gasteiger partial charge is 0.467 e. The number of amides is 3. The fourth-order valence-electron chi connectivity index (χ4n) is 7.51. The Bertz CT molecular complexity index is 1840. The molecule has 0 spiro atoms. The summed E-state index contributed by atoms with van der Waals surface area (Å²) in [7, 11) is 1.32. The molecule has 4 aromatic carbocycles. The summed E-state index contributed by atoms with van der Waals surface area (Å²) in [4.78, 5) is 48.7. The van der Waals surface area contributed by atoms with Crippen molar-refractivity contribution in [2.75, 3.05) is 26.7 Å². The van der Waals surface area contributed by atoms with Gasteiger partial charge in [-0.1, -0.05) is 135 Å². The summed E-state index contributed by atoms with van der Waals surface area (Å²) in [6.07, 6.45) is 6.25. The SMILES string of the molecule is COC(=O)[C@H](CC(C)C)NC(=O)N1CCN(CCCc2cn(C(c3ccccc3)(c3ccccc3)c3ccccc3)cn2)C(=O)[C@@H]1Cc1ccccc1. The Morgan fingerprint density at radius 2 is 1.38 bits per heavy atom. The van der Waals surface area contributed by atoms with Crippen molar-refractivity contribution in [3.05, 3.63) is 162 Å². The molecule has 274 valence electrons. The molecule has 0 saturated carbocycles. The topological polar surface area (TPSA) is 96.8 Å². The third-order valence-corrected chi connectivity index (χ3v) is 10.1. The van der Waals surface area contributed by atoms with E-state index in [-0.39, 0.29) is 11.8 Å². The molecule has 6 rings (SSSR count). The summed E-state index contributed by atoms with van der Waals surface area (Å²) in [5.74, 6) is -0.432. The molecule has 1 aromatic heterocycles. The molecule has 0 aliphatic carbocycles. The molecule has 0 bridgehead atoms. The number of hydrogen-bond donors (Lipinski definition) is 1. The van der Waals surface area contributed by atoms with Gasteiger partial charge in [0.2, 0.25) is 5.91 Å². The van der Waals surface area contributed by atoms with Crippen LogP contribution in [0.2, 0.25) is 0 Å². The van der Waals surface area contributed by atoms with E-state index < -0.39 is 29.6 Å². The number of benzene rings is 4. The zero-order chi connectivity index (χ0) is 37.2. The van der Waals surface area contributed by atoms with Gasteiger partial charge in [0.05, 0.1) is 19.1 Å². The number of rotatable bonds is 14. The smallest absolute Gasteiger partial charge is 0.328 e. The van der Waals surface area contributed by atoms with E-state index in [4.69, 9.17) is 9.72 Å². The average Bonchev–Trinajstić information content (AvgIpc) is 3.66. The Morgan fingerprint density at radius 1 is 0.830 bits per heavy atom. The Labute approximate surface area is 312 Å². The van der Waals surface area contributed by atoms with Crippen LogP contribution in [0, 0.1) is 5.92 Å². The lowest BCUT2D eigenvalue weighted by molar-refractivity contribution is -0.143. The standard InChI is InChI=1S/C44H49N5O4/c1-33(2)29-39(42(51)53-3)46-43(52)49-28-27-47(41(50)40(49)30-34-17-8-4-9-18-34)26-16-25-38-31-48(32-45-38)44(35-19-10-5-11-20-35,36-21-12-6-13-22-36)37-23-14-7-15-24-37/h4-15,17-24,31-33,39-40H,16,25-30H2,1-3H3,(H,46,52)/t39-,40-/m0/s1. The van der Waals surface area contributed by atoms with Crippen LogP contribution in [0.3, 0.4) is 0 Å². The first kappa shape index (κ1) is 37.1. The lowest BCUT2D eigenvalue weighted by Gasteiger charge is -2.41. The molecule has 3 amide bonds. The van der Waals surface area contributed by atoms with Gasteiger partial charge in [0.25, 0.3) is 0 Å². The Hall–Kier alpha value is -5.70. The second kappa shape index (κ2) is 17.2. The summed E-state index contributed by atoms with van der Waals surface area (Å²) in [5, 5.41) is 2.87. The van der Waals surface area contributed by atoms with Crippen LogP contribution in [0.1, 0.15) is 54.6 Å². The average molecular weight is 712 g/mol. The van der Waals surface area contributed by atoms with E-state index in [1.54, 1.807) is 4.90 Å². The molecule has 9 nitrogen and oxygen atoms in total. The summed E-state index contributed by atoms with van der Waals surface area (Å²) in [6, 6.07) is 39.3. The van der Waals surface area contributed by atoms with Crippen LogP contribution in [-0.2, 0) is 32.7 Å². The van der Waals surface area contributed by atoms with Crippen LogP contribution >= 0.6 is 0 Å². The van der Waals surface area contributed by atoms with Crippen LogP contribution in [0.25, 0.3) is 0 Å². The lowest BCUT2D eigenvalue weighted by Crippen LogP contribution is -2.62. The van der Waals surface area contributed by atoms with Gasteiger partial charge in [-0.25, -0.2) is 14.6 Å². The molecule has 5 aromatic rings. The minimum atomic E-state index is -0.790. The highest BCUT2D eigenvalue weighted by atomic mass is 16.5. The van der Waals surface area contributed by atoms with Crippen molar-refractivity contribution in [2.24, 2.45) is 5.92 Å². The molecule has 1 saturated heterocycles. The van der Waals surface area contributed by atoms with Gasteiger partial charge in [-0.3, -0.25) is 4.79 Å². The molecule has 9 heteroatoms. The molecule has 1 fully saturated rings. The van der Waals surface area contributed by atoms with Crippen LogP contribution in [0.4, 0.5) is 4.79 Å². The van der Waals surface area contributed by atoms with Crippen molar-refractivity contribution < 1.29 is 19.1 Å². The van der Waals surface area contributed by atoms with Gasteiger partial charge in [-0.05, 0) is 47.4 Å². The third kappa shape index (κ3) is 8.35. The maximum absolute atomic E-state index is 14.1. The Balaban J connectivity index is 1.20. The number of aryl methyl sites for hydroxylation is 1. The minimum Gasteiger partial charge on any atom is -0.467 e. The van der Waals surface area contributed by atoms with Crippen LogP contribution in [0.5, 0.6) is 0 Å². The van der Waals surface area contributed by atoms with Gasteiger partial charge < -0.3 is 24.4 Å². The number of esters is 1. The van der Waals surface area contributed by atoms with Crippen molar-refractivity contribution in [2.45, 2.75) is 57.2 Å². The van der Waals surface area contributed by atoms with Crippen molar-refractivity contribution in [1.29, 1.82) is 0 Å². The molecule has 2 atom stereocenters. The quantitative estimate of drug-likeness (QED) is 0.102. The van der Waals surface area contributed by atoms with Crippen LogP contribution in [0.15, 0.2) is 134 Å². The summed E-state index contributed by atoms with van der Waals surface area (Å²) >= 11 is 0. The van der Waals surface area contributed by atoms with Gasteiger partial charge in [-0.15, -0.1) is 0 Å². The highest BCUT2D eigenvalue weighted by Gasteiger charge is 2.40. The van der Waals surface area contributed by atoms with E-state index in [1.165, 1.54) is 7.11 Å². The predicted octanol–water partition coefficient (Wildman–Crippen LogP) is 6.71. The monoisotopic (exact) mass is 711 g/mol. The lowest BCUT2D eigenvalue weighted by atomic mass is 9.77. The Kier molecular flexibility index (Phi) is 12.0. The summed E-state index contributed by atoms with van der Waals surface area (Å²) in [6.45, 7) is 5.26. The molecule has 0 radical (unpaired) electrons.